The first-order valence-corrected chi connectivity index (χ1v) is 8.53. The minimum absolute atomic E-state index is 0.263. The molecule has 0 atom stereocenters. The van der Waals surface area contributed by atoms with Crippen LogP contribution in [-0.2, 0) is 4.79 Å². The third kappa shape index (κ3) is 3.77. The van der Waals surface area contributed by atoms with Crippen molar-refractivity contribution < 1.29 is 19.1 Å². The Kier molecular flexibility index (Phi) is 5.86. The molecule has 0 saturated carbocycles. The summed E-state index contributed by atoms with van der Waals surface area (Å²) in [6.07, 6.45) is 1.65. The highest BCUT2D eigenvalue weighted by Crippen LogP contribution is 2.35. The van der Waals surface area contributed by atoms with Crippen LogP contribution in [0.15, 0.2) is 17.8 Å². The number of hydrogen-bond donors (Lipinski definition) is 1. The number of urea groups is 1. The first-order valence-electron chi connectivity index (χ1n) is 7.45. The van der Waals surface area contributed by atoms with Crippen molar-refractivity contribution in [1.82, 2.24) is 10.2 Å². The average Bonchev–Trinajstić information content (AvgIpc) is 2.77. The largest absolute Gasteiger partial charge is 0.490 e. The highest BCUT2D eigenvalue weighted by Gasteiger charge is 2.32. The van der Waals surface area contributed by atoms with Gasteiger partial charge in [0.15, 0.2) is 11.5 Å². The van der Waals surface area contributed by atoms with Gasteiger partial charge in [-0.1, -0.05) is 0 Å². The zero-order chi connectivity index (χ0) is 17.0. The lowest BCUT2D eigenvalue weighted by Crippen LogP contribution is -2.30. The van der Waals surface area contributed by atoms with Crippen LogP contribution in [-0.4, -0.2) is 36.6 Å². The van der Waals surface area contributed by atoms with Crippen LogP contribution in [0.1, 0.15) is 26.3 Å². The molecule has 0 spiro atoms. The number of nitrogens with one attached hydrogen (secondary N) is 1. The maximum absolute atomic E-state index is 12.1. The summed E-state index contributed by atoms with van der Waals surface area (Å²) in [6.45, 7) is 6.95. The van der Waals surface area contributed by atoms with Gasteiger partial charge < -0.3 is 14.8 Å². The van der Waals surface area contributed by atoms with Crippen molar-refractivity contribution in [2.75, 3.05) is 19.8 Å². The molecule has 0 aliphatic carbocycles. The predicted octanol–water partition coefficient (Wildman–Crippen LogP) is 3.00. The monoisotopic (exact) mass is 430 g/mol. The zero-order valence-electron chi connectivity index (χ0n) is 13.3. The number of carbonyl (C=O) groups excluding carboxylic acids is 2. The molecule has 1 saturated heterocycles. The summed E-state index contributed by atoms with van der Waals surface area (Å²) in [5, 5.41) is 2.59. The van der Waals surface area contributed by atoms with E-state index in [2.05, 4.69) is 27.9 Å². The predicted molar refractivity (Wildman–Crippen MR) is 95.4 cm³/mol. The van der Waals surface area contributed by atoms with Gasteiger partial charge in [0.1, 0.15) is 5.70 Å². The third-order valence-electron chi connectivity index (χ3n) is 3.21. The fraction of sp³-hybridized carbons (Fsp3) is 0.375. The van der Waals surface area contributed by atoms with Crippen molar-refractivity contribution >= 4 is 40.6 Å². The summed E-state index contributed by atoms with van der Waals surface area (Å²) in [6, 6.07) is 3.29. The Labute approximate surface area is 149 Å². The van der Waals surface area contributed by atoms with E-state index in [4.69, 9.17) is 9.47 Å². The maximum Gasteiger partial charge on any atom is 0.328 e. The second kappa shape index (κ2) is 7.67. The fourth-order valence-electron chi connectivity index (χ4n) is 2.24. The van der Waals surface area contributed by atoms with Crippen LogP contribution in [0.25, 0.3) is 6.08 Å². The van der Waals surface area contributed by atoms with Crippen LogP contribution in [0.4, 0.5) is 4.79 Å². The minimum atomic E-state index is -0.394. The third-order valence-corrected chi connectivity index (χ3v) is 4.01. The summed E-state index contributed by atoms with van der Waals surface area (Å²) in [5.41, 5.74) is 1.03. The summed E-state index contributed by atoms with van der Waals surface area (Å²) in [4.78, 5) is 25.0. The maximum atomic E-state index is 12.1. The highest BCUT2D eigenvalue weighted by atomic mass is 127. The summed E-state index contributed by atoms with van der Waals surface area (Å²) >= 11 is 2.17. The van der Waals surface area contributed by atoms with Gasteiger partial charge >= 0.3 is 6.03 Å². The van der Waals surface area contributed by atoms with E-state index >= 15 is 0 Å². The lowest BCUT2D eigenvalue weighted by Gasteiger charge is -2.13. The molecular weight excluding hydrogens is 411 g/mol. The molecule has 0 unspecified atom stereocenters. The Morgan fingerprint density at radius 1 is 1.17 bits per heavy atom. The number of amides is 3. The second-order valence-electron chi connectivity index (χ2n) is 4.73. The van der Waals surface area contributed by atoms with Gasteiger partial charge in [-0.25, -0.2) is 4.79 Å². The van der Waals surface area contributed by atoms with Crippen LogP contribution in [0, 0.1) is 3.57 Å². The van der Waals surface area contributed by atoms with E-state index in [1.54, 1.807) is 19.1 Å². The van der Waals surface area contributed by atoms with Gasteiger partial charge in [-0.2, -0.15) is 0 Å². The van der Waals surface area contributed by atoms with Crippen LogP contribution in [0.5, 0.6) is 11.5 Å². The molecule has 1 N–H and O–H groups in total. The molecule has 23 heavy (non-hydrogen) atoms. The SMILES string of the molecule is CCOc1cc(/C=C2/NC(=O)N(CC)C2=O)cc(I)c1OCC. The lowest BCUT2D eigenvalue weighted by molar-refractivity contribution is -0.122. The molecule has 1 aromatic rings. The molecule has 3 amide bonds. The fourth-order valence-corrected chi connectivity index (χ4v) is 3.03. The molecule has 1 fully saturated rings. The topological polar surface area (TPSA) is 67.9 Å². The van der Waals surface area contributed by atoms with Crippen molar-refractivity contribution in [2.24, 2.45) is 0 Å². The normalized spacial score (nSPS) is 16.0. The van der Waals surface area contributed by atoms with Crippen LogP contribution < -0.4 is 14.8 Å². The number of carbonyl (C=O) groups is 2. The lowest BCUT2D eigenvalue weighted by atomic mass is 10.1. The zero-order valence-corrected chi connectivity index (χ0v) is 15.5. The summed E-state index contributed by atoms with van der Waals surface area (Å²) in [5.74, 6) is 0.991. The summed E-state index contributed by atoms with van der Waals surface area (Å²) in [7, 11) is 0. The Balaban J connectivity index is 2.39. The molecule has 0 bridgehead atoms. The molecule has 1 aliphatic rings. The van der Waals surface area contributed by atoms with Crippen molar-refractivity contribution in [3.63, 3.8) is 0 Å². The van der Waals surface area contributed by atoms with Crippen LogP contribution in [0.3, 0.4) is 0 Å². The number of rotatable bonds is 6. The van der Waals surface area contributed by atoms with Crippen LogP contribution >= 0.6 is 22.6 Å². The molecular formula is C16H19IN2O4. The molecule has 0 radical (unpaired) electrons. The van der Waals surface area contributed by atoms with E-state index in [9.17, 15) is 9.59 Å². The molecule has 2 rings (SSSR count). The number of hydrogen-bond acceptors (Lipinski definition) is 4. The Morgan fingerprint density at radius 2 is 1.87 bits per heavy atom. The van der Waals surface area contributed by atoms with Gasteiger partial charge in [-0.15, -0.1) is 0 Å². The van der Waals surface area contributed by atoms with Gasteiger partial charge in [-0.05, 0) is 67.1 Å². The van der Waals surface area contributed by atoms with E-state index in [1.165, 1.54) is 0 Å². The Morgan fingerprint density at radius 3 is 2.43 bits per heavy atom. The van der Waals surface area contributed by atoms with Crippen molar-refractivity contribution in [1.29, 1.82) is 0 Å². The number of imide groups is 1. The second-order valence-corrected chi connectivity index (χ2v) is 5.90. The number of halogens is 1. The van der Waals surface area contributed by atoms with Crippen molar-refractivity contribution in [3.8, 4) is 11.5 Å². The first kappa shape index (κ1) is 17.6. The van der Waals surface area contributed by atoms with E-state index < -0.39 is 6.03 Å². The van der Waals surface area contributed by atoms with Crippen molar-refractivity contribution in [3.05, 3.63) is 27.0 Å². The van der Waals surface area contributed by atoms with Crippen molar-refractivity contribution in [2.45, 2.75) is 20.8 Å². The van der Waals surface area contributed by atoms with E-state index in [-0.39, 0.29) is 11.6 Å². The van der Waals surface area contributed by atoms with Gasteiger partial charge in [0.2, 0.25) is 0 Å². The number of benzene rings is 1. The Bertz CT molecular complexity index is 658. The van der Waals surface area contributed by atoms with Gasteiger partial charge in [0, 0.05) is 6.54 Å². The Hall–Kier alpha value is -1.77. The average molecular weight is 430 g/mol. The van der Waals surface area contributed by atoms with Gasteiger partial charge in [0.05, 0.1) is 16.8 Å². The van der Waals surface area contributed by atoms with E-state index in [1.807, 2.05) is 19.9 Å². The smallest absolute Gasteiger partial charge is 0.328 e. The number of nitrogens with zero attached hydrogens (tertiary/aromatic N) is 1. The highest BCUT2D eigenvalue weighted by molar-refractivity contribution is 14.1. The van der Waals surface area contributed by atoms with Crippen LogP contribution in [0.2, 0.25) is 0 Å². The molecule has 1 aliphatic heterocycles. The van der Waals surface area contributed by atoms with E-state index in [0.717, 1.165) is 14.0 Å². The standard InChI is InChI=1S/C16H19IN2O4/c1-4-19-15(20)12(18-16(19)21)8-10-7-11(17)14(23-6-3)13(9-10)22-5-2/h7-9H,4-6H2,1-3H3,(H,18,21)/b12-8+. The van der Waals surface area contributed by atoms with E-state index in [0.29, 0.717) is 31.3 Å². The number of likely N-dealkylation sites (N-methyl/N-ethyl adjacent to an activating group) is 1. The molecule has 7 heteroatoms. The first-order chi connectivity index (χ1) is 11.0. The molecule has 0 aromatic heterocycles. The minimum Gasteiger partial charge on any atom is -0.490 e. The molecule has 124 valence electrons. The molecule has 1 heterocycles. The van der Waals surface area contributed by atoms with Gasteiger partial charge in [-0.3, -0.25) is 9.69 Å². The molecule has 6 nitrogen and oxygen atoms in total. The number of ether oxygens (including phenoxy) is 2. The molecule has 1 aromatic carbocycles. The summed E-state index contributed by atoms with van der Waals surface area (Å²) < 4.78 is 12.1. The van der Waals surface area contributed by atoms with Gasteiger partial charge in [0.25, 0.3) is 5.91 Å². The quantitative estimate of drug-likeness (QED) is 0.428.